The second kappa shape index (κ2) is 6.54. The zero-order chi connectivity index (χ0) is 15.4. The fraction of sp³-hybridized carbons (Fsp3) is 0.133. The fourth-order valence-corrected chi connectivity index (χ4v) is 2.05. The number of rotatable bonds is 5. The van der Waals surface area contributed by atoms with E-state index < -0.39 is 18.4 Å². The maximum atomic E-state index is 12.5. The molecule has 1 unspecified atom stereocenters. The smallest absolute Gasteiger partial charge is 0.330 e. The van der Waals surface area contributed by atoms with Gasteiger partial charge in [-0.15, -0.1) is 0 Å². The topological polar surface area (TPSA) is 49.3 Å². The minimum atomic E-state index is -2.58. The van der Waals surface area contributed by atoms with Crippen molar-refractivity contribution < 1.29 is 18.7 Å². The van der Waals surface area contributed by atoms with Crippen LogP contribution in [0.2, 0.25) is 5.02 Å². The molecule has 3 nitrogen and oxygen atoms in total. The van der Waals surface area contributed by atoms with E-state index in [1.807, 2.05) is 0 Å². The summed E-state index contributed by atoms with van der Waals surface area (Å²) < 4.78 is 25.0. The van der Waals surface area contributed by atoms with Crippen LogP contribution in [-0.2, 0) is 4.79 Å². The quantitative estimate of drug-likeness (QED) is 0.853. The molecular formula is C15H12ClF2NO2. The number of carbonyl (C=O) groups is 1. The van der Waals surface area contributed by atoms with Gasteiger partial charge in [0.2, 0.25) is 0 Å². The van der Waals surface area contributed by atoms with Crippen LogP contribution in [0.5, 0.6) is 0 Å². The predicted molar refractivity (Wildman–Crippen MR) is 76.9 cm³/mol. The van der Waals surface area contributed by atoms with Gasteiger partial charge in [0.1, 0.15) is 0 Å². The molecule has 0 heterocycles. The number of carboxylic acids is 1. The normalized spacial score (nSPS) is 12.2. The first-order valence-corrected chi connectivity index (χ1v) is 6.48. The van der Waals surface area contributed by atoms with E-state index in [-0.39, 0.29) is 5.56 Å². The molecule has 0 saturated heterocycles. The highest BCUT2D eigenvalue weighted by atomic mass is 35.5. The lowest BCUT2D eigenvalue weighted by atomic mass is 10.0. The Morgan fingerprint density at radius 2 is 1.62 bits per heavy atom. The summed E-state index contributed by atoms with van der Waals surface area (Å²) in [7, 11) is 0. The van der Waals surface area contributed by atoms with Crippen molar-refractivity contribution in [3.05, 3.63) is 64.7 Å². The summed E-state index contributed by atoms with van der Waals surface area (Å²) in [6.07, 6.45) is -2.58. The highest BCUT2D eigenvalue weighted by molar-refractivity contribution is 6.33. The first-order valence-electron chi connectivity index (χ1n) is 6.11. The molecule has 1 atom stereocenters. The van der Waals surface area contributed by atoms with Gasteiger partial charge in [-0.1, -0.05) is 48.0 Å². The van der Waals surface area contributed by atoms with E-state index in [0.29, 0.717) is 16.3 Å². The molecule has 0 fully saturated rings. The SMILES string of the molecule is O=C(O)C(Nc1ccccc1Cl)c1ccc(C(F)F)cc1. The van der Waals surface area contributed by atoms with Gasteiger partial charge >= 0.3 is 5.97 Å². The minimum absolute atomic E-state index is 0.152. The van der Waals surface area contributed by atoms with Crippen LogP contribution in [0.3, 0.4) is 0 Å². The predicted octanol–water partition coefficient (Wildman–Crippen LogP) is 4.52. The summed E-state index contributed by atoms with van der Waals surface area (Å²) in [5.41, 5.74) is 0.678. The van der Waals surface area contributed by atoms with Gasteiger partial charge < -0.3 is 10.4 Å². The Morgan fingerprint density at radius 3 is 2.14 bits per heavy atom. The first kappa shape index (κ1) is 15.3. The summed E-state index contributed by atoms with van der Waals surface area (Å²) in [5, 5.41) is 12.5. The van der Waals surface area contributed by atoms with Gasteiger partial charge in [-0.25, -0.2) is 13.6 Å². The van der Waals surface area contributed by atoms with Gasteiger partial charge in [-0.2, -0.15) is 0 Å². The van der Waals surface area contributed by atoms with E-state index in [9.17, 15) is 18.7 Å². The highest BCUT2D eigenvalue weighted by Crippen LogP contribution is 2.27. The van der Waals surface area contributed by atoms with E-state index in [2.05, 4.69) is 5.32 Å². The molecule has 2 aromatic rings. The van der Waals surface area contributed by atoms with Gasteiger partial charge in [0, 0.05) is 5.56 Å². The van der Waals surface area contributed by atoms with Crippen molar-refractivity contribution in [3.63, 3.8) is 0 Å². The lowest BCUT2D eigenvalue weighted by Crippen LogP contribution is -2.20. The summed E-state index contributed by atoms with van der Waals surface area (Å²) in [6.45, 7) is 0. The summed E-state index contributed by atoms with van der Waals surface area (Å²) in [5.74, 6) is -1.13. The fourth-order valence-electron chi connectivity index (χ4n) is 1.86. The van der Waals surface area contributed by atoms with Crippen LogP contribution in [0.25, 0.3) is 0 Å². The number of hydrogen-bond acceptors (Lipinski definition) is 2. The van der Waals surface area contributed by atoms with Gasteiger partial charge in [0.05, 0.1) is 10.7 Å². The molecule has 0 saturated carbocycles. The Bertz CT molecular complexity index is 632. The summed E-state index contributed by atoms with van der Waals surface area (Å²) in [6, 6.07) is 10.8. The van der Waals surface area contributed by atoms with E-state index in [0.717, 1.165) is 0 Å². The van der Waals surface area contributed by atoms with Crippen molar-refractivity contribution in [1.82, 2.24) is 0 Å². The Balaban J connectivity index is 2.27. The molecule has 2 aromatic carbocycles. The van der Waals surface area contributed by atoms with Crippen LogP contribution in [-0.4, -0.2) is 11.1 Å². The van der Waals surface area contributed by atoms with Crippen molar-refractivity contribution in [2.45, 2.75) is 12.5 Å². The van der Waals surface area contributed by atoms with E-state index in [1.54, 1.807) is 24.3 Å². The molecule has 0 aliphatic rings. The second-order valence-corrected chi connectivity index (χ2v) is 4.77. The third kappa shape index (κ3) is 3.70. The average Bonchev–Trinajstić information content (AvgIpc) is 2.46. The monoisotopic (exact) mass is 311 g/mol. The van der Waals surface area contributed by atoms with E-state index >= 15 is 0 Å². The molecule has 21 heavy (non-hydrogen) atoms. The zero-order valence-electron chi connectivity index (χ0n) is 10.8. The first-order chi connectivity index (χ1) is 9.99. The molecule has 110 valence electrons. The standard InChI is InChI=1S/C15H12ClF2NO2/c16-11-3-1-2-4-12(11)19-13(15(20)21)9-5-7-10(8-6-9)14(17)18/h1-8,13-14,19H,(H,20,21). The maximum Gasteiger partial charge on any atom is 0.330 e. The lowest BCUT2D eigenvalue weighted by Gasteiger charge is -2.17. The third-order valence-electron chi connectivity index (χ3n) is 2.94. The molecule has 0 aliphatic heterocycles. The molecular weight excluding hydrogens is 300 g/mol. The number of carboxylic acid groups (broad SMARTS) is 1. The van der Waals surface area contributed by atoms with Crippen LogP contribution >= 0.6 is 11.6 Å². The van der Waals surface area contributed by atoms with Gasteiger partial charge in [0.25, 0.3) is 6.43 Å². The average molecular weight is 312 g/mol. The molecule has 0 spiro atoms. The Kier molecular flexibility index (Phi) is 4.75. The Hall–Kier alpha value is -2.14. The number of aliphatic carboxylic acids is 1. The third-order valence-corrected chi connectivity index (χ3v) is 3.27. The molecule has 2 N–H and O–H groups in total. The van der Waals surface area contributed by atoms with Gasteiger partial charge in [0.15, 0.2) is 6.04 Å². The second-order valence-electron chi connectivity index (χ2n) is 4.36. The zero-order valence-corrected chi connectivity index (χ0v) is 11.5. The summed E-state index contributed by atoms with van der Waals surface area (Å²) >= 11 is 5.97. The molecule has 0 aromatic heterocycles. The molecule has 0 aliphatic carbocycles. The van der Waals surface area contributed by atoms with E-state index in [4.69, 9.17) is 11.6 Å². The lowest BCUT2D eigenvalue weighted by molar-refractivity contribution is -0.138. The molecule has 0 bridgehead atoms. The van der Waals surface area contributed by atoms with E-state index in [1.165, 1.54) is 24.3 Å². The molecule has 0 radical (unpaired) electrons. The maximum absolute atomic E-state index is 12.5. The number of halogens is 3. The van der Waals surface area contributed by atoms with Crippen LogP contribution in [0.4, 0.5) is 14.5 Å². The Morgan fingerprint density at radius 1 is 1.05 bits per heavy atom. The number of para-hydroxylation sites is 1. The number of hydrogen-bond donors (Lipinski definition) is 2. The number of benzene rings is 2. The van der Waals surface area contributed by atoms with Crippen molar-refractivity contribution in [2.75, 3.05) is 5.32 Å². The van der Waals surface area contributed by atoms with Crippen LogP contribution in [0.15, 0.2) is 48.5 Å². The van der Waals surface area contributed by atoms with Crippen molar-refractivity contribution in [3.8, 4) is 0 Å². The van der Waals surface area contributed by atoms with Crippen molar-refractivity contribution in [2.24, 2.45) is 0 Å². The van der Waals surface area contributed by atoms with Crippen molar-refractivity contribution in [1.29, 1.82) is 0 Å². The molecule has 0 amide bonds. The Labute approximate surface area is 125 Å². The van der Waals surface area contributed by atoms with Gasteiger partial charge in [-0.3, -0.25) is 0 Å². The number of alkyl halides is 2. The highest BCUT2D eigenvalue weighted by Gasteiger charge is 2.21. The largest absolute Gasteiger partial charge is 0.479 e. The summed E-state index contributed by atoms with van der Waals surface area (Å²) in [4.78, 5) is 11.4. The van der Waals surface area contributed by atoms with Crippen LogP contribution < -0.4 is 5.32 Å². The minimum Gasteiger partial charge on any atom is -0.479 e. The molecule has 2 rings (SSSR count). The van der Waals surface area contributed by atoms with Crippen LogP contribution in [0, 0.1) is 0 Å². The van der Waals surface area contributed by atoms with Crippen molar-refractivity contribution >= 4 is 23.3 Å². The van der Waals surface area contributed by atoms with Gasteiger partial charge in [-0.05, 0) is 17.7 Å². The number of nitrogens with one attached hydrogen (secondary N) is 1. The molecule has 6 heteroatoms. The van der Waals surface area contributed by atoms with Crippen LogP contribution in [0.1, 0.15) is 23.6 Å². The number of anilines is 1.